The molecule has 3 N–H and O–H groups in total. The van der Waals surface area contributed by atoms with Gasteiger partial charge in [-0.25, -0.2) is 4.98 Å². The molecule has 30 heavy (non-hydrogen) atoms. The predicted octanol–water partition coefficient (Wildman–Crippen LogP) is 1.85. The number of rotatable bonds is 4. The van der Waals surface area contributed by atoms with Crippen molar-refractivity contribution in [1.82, 2.24) is 20.1 Å². The number of aliphatic hydroxyl groups excluding tert-OH is 1. The molecule has 2 fully saturated rings. The van der Waals surface area contributed by atoms with Crippen LogP contribution < -0.4 is 15.5 Å². The van der Waals surface area contributed by atoms with Gasteiger partial charge in [0, 0.05) is 31.4 Å². The second kappa shape index (κ2) is 7.73. The number of aryl methyl sites for hydroxylation is 1. The highest BCUT2D eigenvalue weighted by Crippen LogP contribution is 2.34. The molecule has 2 saturated heterocycles. The van der Waals surface area contributed by atoms with Gasteiger partial charge >= 0.3 is 0 Å². The van der Waals surface area contributed by atoms with Gasteiger partial charge in [0.1, 0.15) is 6.26 Å². The Morgan fingerprint density at radius 2 is 2.13 bits per heavy atom. The van der Waals surface area contributed by atoms with Crippen LogP contribution in [0, 0.1) is 0 Å². The van der Waals surface area contributed by atoms with Crippen LogP contribution in [0.4, 0.5) is 11.4 Å². The number of fused-ring (bicyclic) bond motifs is 1. The van der Waals surface area contributed by atoms with Crippen molar-refractivity contribution in [2.24, 2.45) is 7.05 Å². The summed E-state index contributed by atoms with van der Waals surface area (Å²) in [6.07, 6.45) is 5.51. The normalized spacial score (nSPS) is 20.2. The van der Waals surface area contributed by atoms with Crippen LogP contribution in [0.2, 0.25) is 0 Å². The predicted molar refractivity (Wildman–Crippen MR) is 113 cm³/mol. The van der Waals surface area contributed by atoms with E-state index in [1.165, 1.54) is 6.26 Å². The molecule has 1 atom stereocenters. The molecule has 1 aromatic carbocycles. The van der Waals surface area contributed by atoms with Gasteiger partial charge < -0.3 is 25.1 Å². The monoisotopic (exact) mass is 410 g/mol. The Balaban J connectivity index is 1.43. The first kappa shape index (κ1) is 19.1. The van der Waals surface area contributed by atoms with Crippen molar-refractivity contribution in [1.29, 1.82) is 0 Å². The molecular formula is C21H26N6O3. The van der Waals surface area contributed by atoms with Crippen molar-refractivity contribution in [3.8, 4) is 0 Å². The Hall–Kier alpha value is -2.91. The van der Waals surface area contributed by atoms with E-state index in [2.05, 4.69) is 25.6 Å². The van der Waals surface area contributed by atoms with E-state index in [4.69, 9.17) is 4.42 Å². The van der Waals surface area contributed by atoms with E-state index < -0.39 is 0 Å². The van der Waals surface area contributed by atoms with Gasteiger partial charge in [0.05, 0.1) is 29.2 Å². The van der Waals surface area contributed by atoms with Gasteiger partial charge in [0.25, 0.3) is 5.91 Å². The van der Waals surface area contributed by atoms with Crippen molar-refractivity contribution in [3.63, 3.8) is 0 Å². The molecular weight excluding hydrogens is 384 g/mol. The van der Waals surface area contributed by atoms with Gasteiger partial charge in [-0.1, -0.05) is 0 Å². The number of nitrogens with one attached hydrogen (secondary N) is 2. The number of nitrogens with zero attached hydrogens (tertiary/aromatic N) is 4. The van der Waals surface area contributed by atoms with Crippen molar-refractivity contribution >= 4 is 28.2 Å². The van der Waals surface area contributed by atoms with Crippen LogP contribution >= 0.6 is 0 Å². The van der Waals surface area contributed by atoms with Gasteiger partial charge in [-0.05, 0) is 44.5 Å². The number of amides is 1. The van der Waals surface area contributed by atoms with E-state index in [0.717, 1.165) is 49.1 Å². The highest BCUT2D eigenvalue weighted by atomic mass is 16.3. The summed E-state index contributed by atoms with van der Waals surface area (Å²) in [6.45, 7) is 3.15. The van der Waals surface area contributed by atoms with Gasteiger partial charge in [0.15, 0.2) is 11.6 Å². The zero-order chi connectivity index (χ0) is 20.7. The number of carbonyl (C=O) groups excluding carboxylic acids is 1. The third-order valence-electron chi connectivity index (χ3n) is 6.06. The Labute approximate surface area is 174 Å². The van der Waals surface area contributed by atoms with E-state index in [9.17, 15) is 9.90 Å². The lowest BCUT2D eigenvalue weighted by Gasteiger charge is -2.22. The highest BCUT2D eigenvalue weighted by molar-refractivity contribution is 6.06. The minimum Gasteiger partial charge on any atom is -0.448 e. The number of aromatic nitrogens is 3. The minimum atomic E-state index is -0.360. The smallest absolute Gasteiger partial charge is 0.277 e. The Morgan fingerprint density at radius 3 is 2.90 bits per heavy atom. The second-order valence-electron chi connectivity index (χ2n) is 8.13. The average Bonchev–Trinajstić information content (AvgIpc) is 3.49. The SMILES string of the molecule is Cn1ncc2cc(N3CCC(O)C3)c(NC(=O)c3coc(C4CCNCC4)n3)cc21. The maximum atomic E-state index is 13.0. The minimum absolute atomic E-state index is 0.250. The van der Waals surface area contributed by atoms with Gasteiger partial charge in [-0.3, -0.25) is 9.48 Å². The van der Waals surface area contributed by atoms with E-state index in [-0.39, 0.29) is 23.6 Å². The Kier molecular flexibility index (Phi) is 4.92. The van der Waals surface area contributed by atoms with Crippen LogP contribution in [0.25, 0.3) is 10.9 Å². The zero-order valence-electron chi connectivity index (χ0n) is 17.0. The molecule has 2 aromatic heterocycles. The maximum Gasteiger partial charge on any atom is 0.277 e. The number of anilines is 2. The summed E-state index contributed by atoms with van der Waals surface area (Å²) in [5, 5.41) is 21.6. The van der Waals surface area contributed by atoms with Crippen LogP contribution in [-0.2, 0) is 7.05 Å². The lowest BCUT2D eigenvalue weighted by molar-refractivity contribution is 0.102. The molecule has 158 valence electrons. The number of carbonyl (C=O) groups is 1. The molecule has 0 aliphatic carbocycles. The van der Waals surface area contributed by atoms with E-state index in [1.54, 1.807) is 10.9 Å². The number of hydrogen-bond donors (Lipinski definition) is 3. The van der Waals surface area contributed by atoms with Crippen molar-refractivity contribution in [3.05, 3.63) is 36.2 Å². The fourth-order valence-corrected chi connectivity index (χ4v) is 4.34. The zero-order valence-corrected chi connectivity index (χ0v) is 17.0. The van der Waals surface area contributed by atoms with Crippen molar-refractivity contribution < 1.29 is 14.3 Å². The van der Waals surface area contributed by atoms with Crippen LogP contribution in [0.5, 0.6) is 0 Å². The quantitative estimate of drug-likeness (QED) is 0.602. The fraction of sp³-hybridized carbons (Fsp3) is 0.476. The molecule has 1 amide bonds. The molecule has 3 aromatic rings. The van der Waals surface area contributed by atoms with Gasteiger partial charge in [0.2, 0.25) is 0 Å². The second-order valence-corrected chi connectivity index (χ2v) is 8.13. The lowest BCUT2D eigenvalue weighted by Crippen LogP contribution is -2.26. The summed E-state index contributed by atoms with van der Waals surface area (Å²) < 4.78 is 7.40. The summed E-state index contributed by atoms with van der Waals surface area (Å²) in [7, 11) is 1.87. The molecule has 0 bridgehead atoms. The first-order chi connectivity index (χ1) is 14.6. The fourth-order valence-electron chi connectivity index (χ4n) is 4.34. The number of β-amino-alcohol motifs (C(OH)–C–C–N with tert-alkyl or cyclic N) is 1. The molecule has 4 heterocycles. The molecule has 9 nitrogen and oxygen atoms in total. The standard InChI is InChI=1S/C21H26N6O3/c1-26-18-9-16(19(8-14(18)10-23-26)27-7-4-15(28)11-27)24-20(29)17-12-30-21(25-17)13-2-5-22-6-3-13/h8-10,12-13,15,22,28H,2-7,11H2,1H3,(H,24,29). The molecule has 5 rings (SSSR count). The van der Waals surface area contributed by atoms with Crippen molar-refractivity contribution in [2.45, 2.75) is 31.3 Å². The number of benzene rings is 1. The number of aliphatic hydroxyl groups is 1. The molecule has 2 aliphatic rings. The summed E-state index contributed by atoms with van der Waals surface area (Å²) in [5.41, 5.74) is 2.75. The molecule has 0 spiro atoms. The Bertz CT molecular complexity index is 1070. The highest BCUT2D eigenvalue weighted by Gasteiger charge is 2.26. The van der Waals surface area contributed by atoms with Crippen molar-refractivity contribution in [2.75, 3.05) is 36.4 Å². The third-order valence-corrected chi connectivity index (χ3v) is 6.06. The molecule has 0 saturated carbocycles. The van der Waals surface area contributed by atoms with E-state index in [1.807, 2.05) is 19.2 Å². The van der Waals surface area contributed by atoms with Gasteiger partial charge in [-0.2, -0.15) is 5.10 Å². The molecule has 2 aliphatic heterocycles. The van der Waals surface area contributed by atoms with Gasteiger partial charge in [-0.15, -0.1) is 0 Å². The summed E-state index contributed by atoms with van der Waals surface area (Å²) in [4.78, 5) is 19.5. The lowest BCUT2D eigenvalue weighted by atomic mass is 9.98. The summed E-state index contributed by atoms with van der Waals surface area (Å²) in [6, 6.07) is 3.94. The maximum absolute atomic E-state index is 13.0. The van der Waals surface area contributed by atoms with E-state index in [0.29, 0.717) is 24.5 Å². The first-order valence-electron chi connectivity index (χ1n) is 10.4. The molecule has 9 heteroatoms. The number of piperidine rings is 1. The summed E-state index contributed by atoms with van der Waals surface area (Å²) >= 11 is 0. The summed E-state index contributed by atoms with van der Waals surface area (Å²) in [5.74, 6) is 0.577. The number of oxazole rings is 1. The topological polar surface area (TPSA) is 108 Å². The molecule has 0 radical (unpaired) electrons. The Morgan fingerprint density at radius 1 is 1.30 bits per heavy atom. The average molecular weight is 410 g/mol. The van der Waals surface area contributed by atoms with Crippen LogP contribution in [0.1, 0.15) is 41.6 Å². The molecule has 1 unspecified atom stereocenters. The first-order valence-corrected chi connectivity index (χ1v) is 10.4. The van der Waals surface area contributed by atoms with E-state index >= 15 is 0 Å². The van der Waals surface area contributed by atoms with Crippen LogP contribution in [0.3, 0.4) is 0 Å². The largest absolute Gasteiger partial charge is 0.448 e. The third kappa shape index (κ3) is 3.54. The van der Waals surface area contributed by atoms with Crippen LogP contribution in [-0.4, -0.2) is 58.1 Å². The van der Waals surface area contributed by atoms with Crippen LogP contribution in [0.15, 0.2) is 29.0 Å². The number of hydrogen-bond acceptors (Lipinski definition) is 7.